The molecule has 0 fully saturated rings. The summed E-state index contributed by atoms with van der Waals surface area (Å²) in [5.41, 5.74) is 14.3. The molecule has 14 rings (SSSR count). The van der Waals surface area contributed by atoms with Crippen LogP contribution in [0.5, 0.6) is 23.0 Å². The Morgan fingerprint density at radius 3 is 1.31 bits per heavy atom. The third-order valence-electron chi connectivity index (χ3n) is 12.0. The van der Waals surface area contributed by atoms with Crippen LogP contribution in [-0.2, 0) is 63.2 Å². The van der Waals surface area contributed by atoms with Crippen LogP contribution in [0, 0.1) is 107 Å². The normalized spacial score (nSPS) is 9.74. The van der Waals surface area contributed by atoms with E-state index in [2.05, 4.69) is 137 Å². The molecule has 0 saturated heterocycles. The predicted octanol–water partition coefficient (Wildman–Crippen LogP) is 31.1. The Kier molecular flexibility index (Phi) is 134. The number of allylic oxidation sites excluding steroid dienone is 11. The molecule has 121 heavy (non-hydrogen) atoms. The van der Waals surface area contributed by atoms with E-state index in [1.165, 1.54) is 56.4 Å². The fourth-order valence-electron chi connectivity index (χ4n) is 7.24. The molecule has 14 nitrogen and oxygen atoms in total. The van der Waals surface area contributed by atoms with Crippen LogP contribution in [-0.4, -0.2) is 65.5 Å². The summed E-state index contributed by atoms with van der Waals surface area (Å²) in [7, 11) is 0. The van der Waals surface area contributed by atoms with E-state index >= 15 is 0 Å². The van der Waals surface area contributed by atoms with Gasteiger partial charge in [-0.3, -0.25) is 26.0 Å². The smallest absolute Gasteiger partial charge is 0.504 e. The Morgan fingerprint density at radius 2 is 0.926 bits per heavy atom. The molecule has 8 heterocycles. The molecule has 1 unspecified atom stereocenters. The summed E-state index contributed by atoms with van der Waals surface area (Å²) in [4.78, 5) is 18.8. The van der Waals surface area contributed by atoms with Crippen LogP contribution in [0.2, 0.25) is 0 Å². The Balaban J connectivity index is -0.0000000937. The van der Waals surface area contributed by atoms with E-state index in [1.54, 1.807) is 63.4 Å². The number of hydrogen-bond donors (Lipinski definition) is 2. The Labute approximate surface area is 784 Å². The minimum Gasteiger partial charge on any atom is -0.504 e. The second kappa shape index (κ2) is 115. The van der Waals surface area contributed by atoms with Gasteiger partial charge in [0.2, 0.25) is 6.79 Å². The van der Waals surface area contributed by atoms with Crippen LogP contribution in [0.1, 0.15) is 237 Å². The van der Waals surface area contributed by atoms with Crippen LogP contribution in [0.15, 0.2) is 254 Å². The van der Waals surface area contributed by atoms with Crippen LogP contribution >= 0.6 is 0 Å². The average Bonchev–Trinajstić information content (AvgIpc) is 1.84. The largest absolute Gasteiger partial charge is 2.00 e. The monoisotopic (exact) mass is 2170 g/mol. The van der Waals surface area contributed by atoms with Crippen molar-refractivity contribution in [1.29, 1.82) is 0 Å². The van der Waals surface area contributed by atoms with Gasteiger partial charge >= 0.3 is 63.2 Å². The molecular formula is C104H161N9O5W3. The number of rotatable bonds is 3. The van der Waals surface area contributed by atoms with Crippen molar-refractivity contribution in [3.8, 4) is 23.0 Å². The SMILES string of the molecule is CC.CC.CC.CC.CC.CC.CC.CC.CC.CC.CC.CC.C[C-]=CC1C=CC=C[CH-]1.Cc1ccc2c(c1)OCCO2.Cc1ccc2c(c1)OCO2.Cc1ccc2cc[nH]c2c1.Cc1ccc2n[nH]nc2c1.Cc1ccccc1.Cc1ccccn1.Cc1cccnc1.Cc1cnccn1.Cc1cnoc1.[CH-]=CC(=[CH-])C.[CH-]=CC=[C-]C.[W+2].[W+2].[W+2]. The number of fused-ring (bicyclic) bond motifs is 4. The second-order valence-corrected chi connectivity index (χ2v) is 20.6. The number of aromatic amines is 2. The van der Waals surface area contributed by atoms with Gasteiger partial charge in [0.25, 0.3) is 0 Å². The molecule has 1 atom stereocenters. The van der Waals surface area contributed by atoms with Gasteiger partial charge in [-0.25, -0.2) is 18.6 Å². The maximum Gasteiger partial charge on any atom is 2.00 e. The van der Waals surface area contributed by atoms with Crippen molar-refractivity contribution in [3.05, 3.63) is 338 Å². The first-order valence-corrected chi connectivity index (χ1v) is 42.3. The van der Waals surface area contributed by atoms with Crippen LogP contribution < -0.4 is 18.9 Å². The van der Waals surface area contributed by atoms with Crippen molar-refractivity contribution in [2.75, 3.05) is 20.0 Å². The molecule has 1 aliphatic carbocycles. The number of nitrogens with one attached hydrogen (secondary N) is 2. The Bertz CT molecular complexity index is 3700. The maximum atomic E-state index is 5.38. The maximum absolute atomic E-state index is 5.38. The number of aromatic nitrogens is 9. The van der Waals surface area contributed by atoms with Gasteiger partial charge in [-0.1, -0.05) is 256 Å². The fourth-order valence-corrected chi connectivity index (χ4v) is 7.24. The van der Waals surface area contributed by atoms with E-state index in [1.807, 2.05) is 349 Å². The van der Waals surface area contributed by atoms with Gasteiger partial charge in [-0.05, 0) is 162 Å². The van der Waals surface area contributed by atoms with Gasteiger partial charge in [0.05, 0.1) is 11.9 Å². The summed E-state index contributed by atoms with van der Waals surface area (Å²) in [6.45, 7) is 88.1. The summed E-state index contributed by atoms with van der Waals surface area (Å²) in [5, 5.41) is 15.2. The summed E-state index contributed by atoms with van der Waals surface area (Å²) in [5.74, 6) is 3.92. The number of H-pyrrole nitrogens is 2. The first-order valence-electron chi connectivity index (χ1n) is 42.3. The number of nitrogens with zero attached hydrogens (tertiary/aromatic N) is 7. The van der Waals surface area contributed by atoms with Gasteiger partial charge in [0.1, 0.15) is 30.5 Å². The molecule has 2 aliphatic heterocycles. The summed E-state index contributed by atoms with van der Waals surface area (Å²) >= 11 is 0. The van der Waals surface area contributed by atoms with Gasteiger partial charge in [0, 0.05) is 60.2 Å². The van der Waals surface area contributed by atoms with E-state index in [4.69, 9.17) is 38.7 Å². The first-order chi connectivity index (χ1) is 57.5. The zero-order valence-electron chi connectivity index (χ0n) is 81.5. The molecule has 17 heteroatoms. The van der Waals surface area contributed by atoms with Gasteiger partial charge in [0.15, 0.2) is 23.0 Å². The molecule has 0 radical (unpaired) electrons. The second-order valence-electron chi connectivity index (χ2n) is 20.6. The van der Waals surface area contributed by atoms with E-state index in [9.17, 15) is 0 Å². The molecular weight excluding hydrogens is 2010 g/mol. The minimum atomic E-state index is 0. The van der Waals surface area contributed by atoms with Crippen molar-refractivity contribution < 1.29 is 86.7 Å². The number of hydrogen-bond acceptors (Lipinski definition) is 12. The first kappa shape index (κ1) is 141. The van der Waals surface area contributed by atoms with E-state index in [-0.39, 0.29) is 63.2 Å². The number of ether oxygens (including phenoxy) is 4. The Hall–Kier alpha value is -9.06. The van der Waals surface area contributed by atoms with Crippen LogP contribution in [0.25, 0.3) is 21.9 Å². The zero-order valence-corrected chi connectivity index (χ0v) is 90.3. The summed E-state index contributed by atoms with van der Waals surface area (Å²) in [6, 6.07) is 46.4. The van der Waals surface area contributed by atoms with Crippen LogP contribution in [0.4, 0.5) is 0 Å². The molecule has 6 aromatic heterocycles. The Morgan fingerprint density at radius 1 is 0.446 bits per heavy atom. The predicted molar refractivity (Wildman–Crippen MR) is 519 cm³/mol. The molecule has 0 spiro atoms. The van der Waals surface area contributed by atoms with Gasteiger partial charge < -0.3 is 84.1 Å². The topological polar surface area (TPSA) is 172 Å². The molecule has 11 aromatic rings. The molecule has 5 aromatic carbocycles. The molecule has 0 saturated carbocycles. The standard InChI is InChI=1S/C9H9N.C9H10O2.C9H10.C8H8O2.C7H7N3.C7H8.2C6H7N.C5H6N2.2C5H6.C4H5NO.12C2H6.3W/c1-7-2-3-8-4-5-10-9(8)6-7;1-7-2-3-8-9(6-7)11-5-4-10-8;1-2-6-9-7-4-3-5-8-9;1-6-2-3-7-8(4-6)10-5-9-7;1-5-2-3-6-7(4-5)9-10-8-6;1-7-5-3-2-4-6-7;1-6-3-2-4-7-5-6;1-6-4-2-3-5-7-6;1-5-4-6-2-3-7-5;1-4-5(2)3;1-3-5-4-2;1-4-2-5-6-3-4;12*1-2;;;/h2-6,10H,1H3;2-3,6H,4-5H2,1H3;3-9H,1H3;2-4H,5H2,1H3;2-4H,1H3,(H,8,9,10);2-6H,1H3;2*2-5H,1H3;2-4H,1H3;1-2,4H,3H3;1,3,5H,2H3;2-3H,1H3;12*1-2H3;;;/q;;-2;;;;;;;2*-2;;;;;;;;;;;;;;3*+2. The van der Waals surface area contributed by atoms with Crippen molar-refractivity contribution in [1.82, 2.24) is 45.5 Å². The molecule has 0 bridgehead atoms. The van der Waals surface area contributed by atoms with Crippen molar-refractivity contribution in [2.45, 2.75) is 249 Å². The molecule has 2 N–H and O–H groups in total. The zero-order chi connectivity index (χ0) is 92.4. The van der Waals surface area contributed by atoms with Crippen molar-refractivity contribution in [2.24, 2.45) is 5.92 Å². The van der Waals surface area contributed by atoms with E-state index in [0.29, 0.717) is 31.5 Å². The average molecular weight is 2170 g/mol. The molecule has 3 aliphatic rings. The molecule has 0 amide bonds. The fraction of sp³-hybridized carbons (Fsp3) is 0.385. The van der Waals surface area contributed by atoms with E-state index < -0.39 is 0 Å². The van der Waals surface area contributed by atoms with Crippen LogP contribution in [0.3, 0.4) is 0 Å². The quantitative estimate of drug-likeness (QED) is 0.127. The third kappa shape index (κ3) is 88.6. The number of pyridine rings is 2. The third-order valence-corrected chi connectivity index (χ3v) is 12.0. The number of benzene rings is 5. The van der Waals surface area contributed by atoms with Crippen molar-refractivity contribution in [3.63, 3.8) is 0 Å². The van der Waals surface area contributed by atoms with Crippen molar-refractivity contribution >= 4 is 21.9 Å². The van der Waals surface area contributed by atoms with Gasteiger partial charge in [-0.2, -0.15) is 22.3 Å². The summed E-state index contributed by atoms with van der Waals surface area (Å²) in [6.07, 6.45) is 38.3. The summed E-state index contributed by atoms with van der Waals surface area (Å²) < 4.78 is 25.5. The minimum absolute atomic E-state index is 0. The molecule has 670 valence electrons. The number of aryl methyl sites for hydroxylation is 9. The van der Waals surface area contributed by atoms with E-state index in [0.717, 1.165) is 51.0 Å². The van der Waals surface area contributed by atoms with Gasteiger partial charge in [-0.15, -0.1) is 26.0 Å².